The van der Waals surface area contributed by atoms with Crippen LogP contribution in [0.4, 0.5) is 17.1 Å². The van der Waals surface area contributed by atoms with Crippen molar-refractivity contribution < 1.29 is 74.7 Å². The fourth-order valence-electron chi connectivity index (χ4n) is 4.29. The lowest BCUT2D eigenvalue weighted by molar-refractivity contribution is -0.256. The molecule has 0 aliphatic carbocycles. The minimum Gasteiger partial charge on any atom is -0.858 e. The summed E-state index contributed by atoms with van der Waals surface area (Å²) in [6.07, 6.45) is 0. The second-order valence-corrected chi connectivity index (χ2v) is 10.1. The Labute approximate surface area is 283 Å². The second-order valence-electron chi connectivity index (χ2n) is 10.1. The van der Waals surface area contributed by atoms with Gasteiger partial charge in [0.2, 0.25) is 0 Å². The first-order chi connectivity index (χ1) is 23.9. The Morgan fingerprint density at radius 1 is 0.333 bits per heavy atom. The van der Waals surface area contributed by atoms with Gasteiger partial charge in [0.15, 0.2) is 0 Å². The van der Waals surface area contributed by atoms with Crippen molar-refractivity contribution in [2.75, 3.05) is 0 Å². The van der Waals surface area contributed by atoms with E-state index in [1.807, 2.05) is 0 Å². The quantitative estimate of drug-likeness (QED) is 0.0995. The molecule has 0 saturated heterocycles. The Kier molecular flexibility index (Phi) is 10.2. The van der Waals surface area contributed by atoms with E-state index in [-0.39, 0.29) is 0 Å². The molecule has 0 bridgehead atoms. The molecule has 0 heterocycles. The maximum atomic E-state index is 13.3. The van der Waals surface area contributed by atoms with Crippen LogP contribution in [0.25, 0.3) is 0 Å². The summed E-state index contributed by atoms with van der Waals surface area (Å²) in [5, 5.41) is 102. The number of rotatable bonds is 12. The van der Waals surface area contributed by atoms with Gasteiger partial charge in [0.25, 0.3) is 0 Å². The van der Waals surface area contributed by atoms with Crippen molar-refractivity contribution in [2.24, 2.45) is 15.0 Å². The molecular formula is C33H15N3O15-6. The van der Waals surface area contributed by atoms with E-state index in [1.165, 1.54) is 0 Å². The van der Waals surface area contributed by atoms with Crippen molar-refractivity contribution >= 4 is 70.6 Å². The number of hydrogen-bond acceptors (Lipinski definition) is 15. The van der Waals surface area contributed by atoms with E-state index < -0.39 is 121 Å². The largest absolute Gasteiger partial charge is 0.858 e. The summed E-state index contributed by atoms with van der Waals surface area (Å²) in [6.45, 7) is 0. The Hall–Kier alpha value is -7.89. The molecule has 51 heavy (non-hydrogen) atoms. The predicted octanol–water partition coefficient (Wildman–Crippen LogP) is -2.81. The number of carboxylic acid groups (broad SMARTS) is 6. The van der Waals surface area contributed by atoms with Crippen molar-refractivity contribution in [1.82, 2.24) is 0 Å². The van der Waals surface area contributed by atoms with E-state index in [4.69, 9.17) is 0 Å². The van der Waals surface area contributed by atoms with E-state index in [1.54, 1.807) is 0 Å². The van der Waals surface area contributed by atoms with Gasteiger partial charge in [-0.2, -0.15) is 0 Å². The van der Waals surface area contributed by atoms with Crippen LogP contribution in [0, 0.1) is 0 Å². The number of hydrogen-bond donors (Lipinski definition) is 3. The van der Waals surface area contributed by atoms with Crippen molar-refractivity contribution in [3.8, 4) is 0 Å². The number of carbonyl (C=O) groups excluding carboxylic acids is 3. The highest BCUT2D eigenvalue weighted by molar-refractivity contribution is 6.04. The monoisotopic (exact) mass is 693 g/mol. The maximum absolute atomic E-state index is 13.3. The standard InChI is InChI=1S/C33H21N3O15/c37-25(34-22-7-16(28(40)41)4-17(8-22)29(42)43)13-1-14(26(38)35-23-9-18(30(44)45)5-19(10-23)31(46)47)3-15(2-13)27(39)36-24-11-20(32(48)49)6-21(12-24)33(50)51/h1-12H,(H,34,37)(H,35,38)(H,36,39)(H,40,41)(H,42,43)(H,44,45)(H,46,47)(H,48,49)(H,50,51)/p-6. The summed E-state index contributed by atoms with van der Waals surface area (Å²) in [7, 11) is 0. The fourth-order valence-corrected chi connectivity index (χ4v) is 4.29. The predicted molar refractivity (Wildman–Crippen MR) is 158 cm³/mol. The number of aliphatic imine (C=N–C) groups is 3. The minimum absolute atomic E-state index is 0.467. The first kappa shape index (κ1) is 36.0. The maximum Gasteiger partial charge on any atom is 0.335 e. The van der Waals surface area contributed by atoms with Gasteiger partial charge in [-0.25, -0.2) is 14.4 Å². The van der Waals surface area contributed by atoms with Crippen LogP contribution in [-0.4, -0.2) is 68.8 Å². The van der Waals surface area contributed by atoms with E-state index >= 15 is 0 Å². The fraction of sp³-hybridized carbons (Fsp3) is 0. The molecule has 0 radical (unpaired) electrons. The zero-order valence-corrected chi connectivity index (χ0v) is 25.0. The van der Waals surface area contributed by atoms with Gasteiger partial charge in [0.05, 0.1) is 51.7 Å². The number of nitrogens with zero attached hydrogens (tertiary/aromatic N) is 3. The Balaban J connectivity index is 1.95. The first-order valence-electron chi connectivity index (χ1n) is 13.6. The normalized spacial score (nSPS) is 11.9. The van der Waals surface area contributed by atoms with Gasteiger partial charge in [-0.15, -0.1) is 0 Å². The molecule has 0 saturated carbocycles. The summed E-state index contributed by atoms with van der Waals surface area (Å²) in [5.74, 6) is -14.1. The van der Waals surface area contributed by atoms with Crippen molar-refractivity contribution in [3.63, 3.8) is 0 Å². The summed E-state index contributed by atoms with van der Waals surface area (Å²) in [4.78, 5) is 79.6. The second kappa shape index (κ2) is 14.5. The highest BCUT2D eigenvalue weighted by Crippen LogP contribution is 2.23. The molecule has 0 aliphatic heterocycles. The SMILES string of the molecule is O=C([O-])c1cc(N=C([O-])c2cc(C([O-])=Nc3cc(C(=O)[O-])cc(C(=O)O)c3)cc(C([O-])=Nc3cc(C(=O)O)cc(C(=O)O)c3)c2)cc(C(=O)[O-])c1. The highest BCUT2D eigenvalue weighted by atomic mass is 16.4. The molecule has 18 nitrogen and oxygen atoms in total. The molecule has 0 aromatic heterocycles. The van der Waals surface area contributed by atoms with Crippen LogP contribution in [-0.2, 0) is 0 Å². The molecule has 3 N–H and O–H groups in total. The summed E-state index contributed by atoms with van der Waals surface area (Å²) >= 11 is 0. The molecule has 0 unspecified atom stereocenters. The molecule has 258 valence electrons. The molecule has 0 atom stereocenters. The molecule has 4 rings (SSSR count). The van der Waals surface area contributed by atoms with Crippen molar-refractivity contribution in [1.29, 1.82) is 0 Å². The van der Waals surface area contributed by atoms with Gasteiger partial charge in [0.1, 0.15) is 0 Å². The van der Waals surface area contributed by atoms with Crippen LogP contribution in [0.3, 0.4) is 0 Å². The van der Waals surface area contributed by atoms with E-state index in [9.17, 15) is 74.7 Å². The summed E-state index contributed by atoms with van der Waals surface area (Å²) < 4.78 is 0. The topological polar surface area (TPSA) is 339 Å². The van der Waals surface area contributed by atoms with Crippen LogP contribution in [0.5, 0.6) is 0 Å². The molecule has 0 spiro atoms. The lowest BCUT2D eigenvalue weighted by Gasteiger charge is -2.20. The Bertz CT molecular complexity index is 1910. The molecule has 18 heteroatoms. The average Bonchev–Trinajstić information content (AvgIpc) is 3.07. The zero-order chi connectivity index (χ0) is 37.7. The summed E-state index contributed by atoms with van der Waals surface area (Å²) in [5.41, 5.74) is -7.07. The number of carboxylic acids is 6. The third kappa shape index (κ3) is 8.73. The Morgan fingerprint density at radius 2 is 0.529 bits per heavy atom. The molecular weight excluding hydrogens is 678 g/mol. The Morgan fingerprint density at radius 3 is 0.765 bits per heavy atom. The lowest BCUT2D eigenvalue weighted by Crippen LogP contribution is -2.26. The van der Waals surface area contributed by atoms with Crippen LogP contribution in [0.2, 0.25) is 0 Å². The number of benzene rings is 4. The van der Waals surface area contributed by atoms with E-state index in [2.05, 4.69) is 15.0 Å². The molecule has 0 fully saturated rings. The van der Waals surface area contributed by atoms with Gasteiger partial charge < -0.3 is 60.3 Å². The van der Waals surface area contributed by atoms with Gasteiger partial charge in [-0.05, 0) is 118 Å². The first-order valence-corrected chi connectivity index (χ1v) is 13.6. The van der Waals surface area contributed by atoms with Crippen LogP contribution in [0.1, 0.15) is 78.8 Å². The highest BCUT2D eigenvalue weighted by Gasteiger charge is 2.13. The van der Waals surface area contributed by atoms with E-state index in [0.717, 1.165) is 66.7 Å². The average molecular weight is 693 g/mol. The smallest absolute Gasteiger partial charge is 0.335 e. The van der Waals surface area contributed by atoms with Gasteiger partial charge in [0, 0.05) is 5.56 Å². The van der Waals surface area contributed by atoms with Crippen LogP contribution < -0.4 is 30.6 Å². The molecule has 4 aromatic carbocycles. The molecule has 4 aromatic rings. The van der Waals surface area contributed by atoms with Crippen LogP contribution >= 0.6 is 0 Å². The van der Waals surface area contributed by atoms with E-state index in [0.29, 0.717) is 6.07 Å². The van der Waals surface area contributed by atoms with Gasteiger partial charge >= 0.3 is 17.9 Å². The van der Waals surface area contributed by atoms with Gasteiger partial charge in [-0.3, -0.25) is 15.0 Å². The third-order valence-corrected chi connectivity index (χ3v) is 6.57. The summed E-state index contributed by atoms with van der Waals surface area (Å²) in [6, 6.07) is 9.54. The minimum atomic E-state index is -1.84. The molecule has 0 amide bonds. The number of carbonyl (C=O) groups is 6. The van der Waals surface area contributed by atoms with Crippen molar-refractivity contribution in [3.05, 3.63) is 123 Å². The lowest BCUT2D eigenvalue weighted by atomic mass is 10.0. The third-order valence-electron chi connectivity index (χ3n) is 6.57. The van der Waals surface area contributed by atoms with Crippen molar-refractivity contribution in [2.45, 2.75) is 0 Å². The zero-order valence-electron chi connectivity index (χ0n) is 25.0. The number of aromatic carboxylic acids is 6. The molecule has 0 aliphatic rings. The van der Waals surface area contributed by atoms with Crippen LogP contribution in [0.15, 0.2) is 87.8 Å². The van der Waals surface area contributed by atoms with Gasteiger partial charge in [-0.1, -0.05) is 0 Å².